The molecule has 0 bridgehead atoms. The number of rotatable bonds is 1. The third-order valence-electron chi connectivity index (χ3n) is 4.37. The highest BCUT2D eigenvalue weighted by molar-refractivity contribution is 5.85. The van der Waals surface area contributed by atoms with Crippen molar-refractivity contribution >= 4 is 18.3 Å². The number of piperazine rings is 1. The van der Waals surface area contributed by atoms with Crippen LogP contribution in [0.5, 0.6) is 0 Å². The molecule has 4 nitrogen and oxygen atoms in total. The Bertz CT molecular complexity index is 288. The van der Waals surface area contributed by atoms with E-state index in [1.807, 2.05) is 11.8 Å². The summed E-state index contributed by atoms with van der Waals surface area (Å²) in [5.41, 5.74) is 6.01. The lowest BCUT2D eigenvalue weighted by Crippen LogP contribution is -2.56. The highest BCUT2D eigenvalue weighted by Gasteiger charge is 2.40. The largest absolute Gasteiger partial charge is 0.340 e. The van der Waals surface area contributed by atoms with Crippen molar-refractivity contribution in [3.05, 3.63) is 0 Å². The van der Waals surface area contributed by atoms with Gasteiger partial charge in [0.25, 0.3) is 0 Å². The summed E-state index contributed by atoms with van der Waals surface area (Å²) >= 11 is 0. The molecular formula is C13H26ClN3O. The van der Waals surface area contributed by atoms with Crippen LogP contribution in [0.25, 0.3) is 0 Å². The summed E-state index contributed by atoms with van der Waals surface area (Å²) in [7, 11) is 2.11. The van der Waals surface area contributed by atoms with Gasteiger partial charge in [0.1, 0.15) is 0 Å². The van der Waals surface area contributed by atoms with Crippen molar-refractivity contribution < 1.29 is 4.79 Å². The van der Waals surface area contributed by atoms with Gasteiger partial charge in [0.15, 0.2) is 0 Å². The minimum absolute atomic E-state index is 0. The van der Waals surface area contributed by atoms with Crippen molar-refractivity contribution in [1.29, 1.82) is 0 Å². The molecule has 0 aromatic carbocycles. The summed E-state index contributed by atoms with van der Waals surface area (Å²) in [5.74, 6) is 0.336. The molecule has 2 N–H and O–H groups in total. The number of carbonyl (C=O) groups excluding carboxylic acids is 1. The smallest absolute Gasteiger partial charge is 0.227 e. The van der Waals surface area contributed by atoms with Gasteiger partial charge < -0.3 is 15.5 Å². The minimum atomic E-state index is -0.293. The number of carbonyl (C=O) groups is 1. The van der Waals surface area contributed by atoms with Crippen molar-refractivity contribution in [2.75, 3.05) is 33.2 Å². The Morgan fingerprint density at radius 2 is 1.83 bits per heavy atom. The van der Waals surface area contributed by atoms with E-state index in [1.165, 1.54) is 6.42 Å². The molecule has 2 atom stereocenters. The van der Waals surface area contributed by atoms with Gasteiger partial charge in [-0.05, 0) is 26.8 Å². The maximum absolute atomic E-state index is 12.5. The molecule has 1 aliphatic heterocycles. The zero-order valence-corrected chi connectivity index (χ0v) is 12.3. The molecule has 1 amide bonds. The standard InChI is InChI=1S/C13H25N3O.ClH/c1-13(14)6-4-3-5-11(13)12(17)16-9-7-15(2)8-10-16;/h11H,3-10,14H2,1-2H3;1H. The lowest BCUT2D eigenvalue weighted by Gasteiger charge is -2.42. The average Bonchev–Trinajstić information content (AvgIpc) is 2.28. The molecule has 2 fully saturated rings. The molecule has 1 saturated heterocycles. The van der Waals surface area contributed by atoms with E-state index in [1.54, 1.807) is 0 Å². The maximum Gasteiger partial charge on any atom is 0.227 e. The molecule has 0 aromatic rings. The van der Waals surface area contributed by atoms with Crippen molar-refractivity contribution in [2.24, 2.45) is 11.7 Å². The van der Waals surface area contributed by atoms with Crippen LogP contribution < -0.4 is 5.73 Å². The van der Waals surface area contributed by atoms with Gasteiger partial charge in [-0.3, -0.25) is 4.79 Å². The van der Waals surface area contributed by atoms with Crippen LogP contribution in [0.15, 0.2) is 0 Å². The molecular weight excluding hydrogens is 250 g/mol. The van der Waals surface area contributed by atoms with Crippen molar-refractivity contribution in [3.63, 3.8) is 0 Å². The lowest BCUT2D eigenvalue weighted by atomic mass is 9.74. The first-order chi connectivity index (χ1) is 8.00. The number of halogens is 1. The van der Waals surface area contributed by atoms with Crippen LogP contribution >= 0.6 is 12.4 Å². The van der Waals surface area contributed by atoms with Crippen molar-refractivity contribution in [3.8, 4) is 0 Å². The second-order valence-corrected chi connectivity index (χ2v) is 5.93. The van der Waals surface area contributed by atoms with E-state index in [0.29, 0.717) is 5.91 Å². The zero-order chi connectivity index (χ0) is 12.5. The van der Waals surface area contributed by atoms with Crippen LogP contribution in [-0.4, -0.2) is 54.5 Å². The summed E-state index contributed by atoms with van der Waals surface area (Å²) < 4.78 is 0. The van der Waals surface area contributed by atoms with E-state index in [-0.39, 0.29) is 23.9 Å². The summed E-state index contributed by atoms with van der Waals surface area (Å²) in [5, 5.41) is 0. The number of hydrogen-bond acceptors (Lipinski definition) is 3. The Labute approximate surface area is 116 Å². The Balaban J connectivity index is 0.00000162. The number of hydrogen-bond donors (Lipinski definition) is 1. The molecule has 0 radical (unpaired) electrons. The molecule has 0 aromatic heterocycles. The fourth-order valence-electron chi connectivity index (χ4n) is 3.01. The third kappa shape index (κ3) is 3.37. The molecule has 1 aliphatic carbocycles. The van der Waals surface area contributed by atoms with E-state index < -0.39 is 0 Å². The summed E-state index contributed by atoms with van der Waals surface area (Å²) in [6.07, 6.45) is 4.27. The van der Waals surface area contributed by atoms with Gasteiger partial charge in [0, 0.05) is 31.7 Å². The van der Waals surface area contributed by atoms with E-state index in [4.69, 9.17) is 5.73 Å². The second-order valence-electron chi connectivity index (χ2n) is 5.93. The fourth-order valence-corrected chi connectivity index (χ4v) is 3.01. The SMILES string of the molecule is CN1CCN(C(=O)C2CCCCC2(C)N)CC1.Cl. The lowest BCUT2D eigenvalue weighted by molar-refractivity contribution is -0.140. The van der Waals surface area contributed by atoms with Gasteiger partial charge in [-0.15, -0.1) is 12.4 Å². The Morgan fingerprint density at radius 3 is 2.39 bits per heavy atom. The van der Waals surface area contributed by atoms with Crippen LogP contribution in [0.1, 0.15) is 32.6 Å². The summed E-state index contributed by atoms with van der Waals surface area (Å²) in [6, 6.07) is 0. The first-order valence-corrected chi connectivity index (χ1v) is 6.77. The van der Waals surface area contributed by atoms with Crippen LogP contribution in [0.3, 0.4) is 0 Å². The van der Waals surface area contributed by atoms with Crippen molar-refractivity contribution in [2.45, 2.75) is 38.1 Å². The monoisotopic (exact) mass is 275 g/mol. The van der Waals surface area contributed by atoms with Crippen LogP contribution in [-0.2, 0) is 4.79 Å². The first-order valence-electron chi connectivity index (χ1n) is 6.77. The number of nitrogens with two attached hydrogens (primary N) is 1. The summed E-state index contributed by atoms with van der Waals surface area (Å²) in [6.45, 7) is 5.74. The van der Waals surface area contributed by atoms with E-state index in [2.05, 4.69) is 11.9 Å². The predicted molar refractivity (Wildman–Crippen MR) is 75.9 cm³/mol. The highest BCUT2D eigenvalue weighted by atomic mass is 35.5. The quantitative estimate of drug-likeness (QED) is 0.779. The highest BCUT2D eigenvalue weighted by Crippen LogP contribution is 2.33. The van der Waals surface area contributed by atoms with Crippen LogP contribution in [0, 0.1) is 5.92 Å². The van der Waals surface area contributed by atoms with Gasteiger partial charge in [0.05, 0.1) is 5.92 Å². The normalized spacial score (nSPS) is 33.9. The molecule has 1 saturated carbocycles. The molecule has 5 heteroatoms. The summed E-state index contributed by atoms with van der Waals surface area (Å²) in [4.78, 5) is 16.8. The van der Waals surface area contributed by atoms with E-state index >= 15 is 0 Å². The number of likely N-dealkylation sites (N-methyl/N-ethyl adjacent to an activating group) is 1. The van der Waals surface area contributed by atoms with Crippen LogP contribution in [0.4, 0.5) is 0 Å². The van der Waals surface area contributed by atoms with Crippen molar-refractivity contribution in [1.82, 2.24) is 9.80 Å². The third-order valence-corrected chi connectivity index (χ3v) is 4.37. The first kappa shape index (κ1) is 15.7. The predicted octanol–water partition coefficient (Wildman–Crippen LogP) is 1.09. The molecule has 106 valence electrons. The maximum atomic E-state index is 12.5. The van der Waals surface area contributed by atoms with Gasteiger partial charge in [-0.2, -0.15) is 0 Å². The van der Waals surface area contributed by atoms with E-state index in [0.717, 1.165) is 45.4 Å². The molecule has 2 aliphatic rings. The fraction of sp³-hybridized carbons (Fsp3) is 0.923. The molecule has 2 unspecified atom stereocenters. The topological polar surface area (TPSA) is 49.6 Å². The Kier molecular flexibility index (Phi) is 5.44. The second kappa shape index (κ2) is 6.22. The molecule has 0 spiro atoms. The van der Waals surface area contributed by atoms with E-state index in [9.17, 15) is 4.79 Å². The average molecular weight is 276 g/mol. The zero-order valence-electron chi connectivity index (χ0n) is 11.5. The van der Waals surface area contributed by atoms with Gasteiger partial charge >= 0.3 is 0 Å². The Morgan fingerprint density at radius 1 is 1.22 bits per heavy atom. The van der Waals surface area contributed by atoms with Gasteiger partial charge in [-0.1, -0.05) is 12.8 Å². The minimum Gasteiger partial charge on any atom is -0.340 e. The molecule has 1 heterocycles. The number of nitrogens with zero attached hydrogens (tertiary/aromatic N) is 2. The number of amides is 1. The van der Waals surface area contributed by atoms with Gasteiger partial charge in [0.2, 0.25) is 5.91 Å². The Hall–Kier alpha value is -0.320. The van der Waals surface area contributed by atoms with Gasteiger partial charge in [-0.25, -0.2) is 0 Å². The van der Waals surface area contributed by atoms with Crippen LogP contribution in [0.2, 0.25) is 0 Å². The molecule has 2 rings (SSSR count). The molecule has 18 heavy (non-hydrogen) atoms.